The number of hydrogen-bond donors (Lipinski definition) is 2. The number of aliphatic hydroxyl groups is 1. The number of amides is 3. The molecule has 1 saturated heterocycles. The minimum Gasteiger partial charge on any atom is -0.477 e. The number of ether oxygens (including phenoxy) is 2. The molecule has 0 spiro atoms. The highest BCUT2D eigenvalue weighted by Crippen LogP contribution is 2.44. The zero-order valence-electron chi connectivity index (χ0n) is 18.9. The fourth-order valence-electron chi connectivity index (χ4n) is 3.97. The summed E-state index contributed by atoms with van der Waals surface area (Å²) in [6, 6.07) is -0.398. The molecular weight excluding hydrogens is 434 g/mol. The van der Waals surface area contributed by atoms with Gasteiger partial charge in [0.2, 0.25) is 5.91 Å². The van der Waals surface area contributed by atoms with E-state index in [1.54, 1.807) is 0 Å². The van der Waals surface area contributed by atoms with Gasteiger partial charge in [0, 0.05) is 26.7 Å². The van der Waals surface area contributed by atoms with Gasteiger partial charge in [0.15, 0.2) is 0 Å². The van der Waals surface area contributed by atoms with Crippen LogP contribution in [0.1, 0.15) is 19.8 Å². The van der Waals surface area contributed by atoms with E-state index in [2.05, 4.69) is 13.2 Å². The van der Waals surface area contributed by atoms with Gasteiger partial charge >= 0.3 is 18.2 Å². The number of hydrogen-bond acceptors (Lipinski definition) is 7. The molecule has 3 atom stereocenters. The lowest BCUT2D eigenvalue weighted by atomic mass is 9.83. The molecule has 11 nitrogen and oxygen atoms in total. The highest BCUT2D eigenvalue weighted by atomic mass is 16.6. The largest absolute Gasteiger partial charge is 0.477 e. The Kier molecular flexibility index (Phi) is 9.03. The molecular formula is C22H31N3O8. The van der Waals surface area contributed by atoms with Crippen LogP contribution in [0.4, 0.5) is 9.59 Å². The van der Waals surface area contributed by atoms with Crippen molar-refractivity contribution in [1.82, 2.24) is 14.7 Å². The summed E-state index contributed by atoms with van der Waals surface area (Å²) in [5, 5.41) is 19.5. The summed E-state index contributed by atoms with van der Waals surface area (Å²) in [6.45, 7) is 8.93. The molecule has 0 aliphatic carbocycles. The van der Waals surface area contributed by atoms with Gasteiger partial charge in [-0.25, -0.2) is 14.4 Å². The van der Waals surface area contributed by atoms with Gasteiger partial charge in [0.1, 0.15) is 18.9 Å². The minimum absolute atomic E-state index is 0.00393. The van der Waals surface area contributed by atoms with Crippen LogP contribution in [0.3, 0.4) is 0 Å². The average molecular weight is 466 g/mol. The number of carbonyl (C=O) groups is 4. The zero-order chi connectivity index (χ0) is 24.7. The van der Waals surface area contributed by atoms with E-state index in [4.69, 9.17) is 9.47 Å². The predicted octanol–water partition coefficient (Wildman–Crippen LogP) is 1.21. The van der Waals surface area contributed by atoms with Gasteiger partial charge < -0.3 is 34.4 Å². The fourth-order valence-corrected chi connectivity index (χ4v) is 3.97. The second-order valence-corrected chi connectivity index (χ2v) is 7.89. The number of rotatable bonds is 12. The van der Waals surface area contributed by atoms with Crippen molar-refractivity contribution in [2.45, 2.75) is 31.9 Å². The molecule has 11 heteroatoms. The molecule has 0 bridgehead atoms. The molecule has 0 aromatic carbocycles. The summed E-state index contributed by atoms with van der Waals surface area (Å²) >= 11 is 0. The standard InChI is InChI=1S/C22H31N3O8/c1-5-11-32-21(30)23(4)9-10-24(22(31)33-12-6-2)8-7-15-13-16-17(14(3)26)19(27)25(16)18(15)20(28)29/h5-6,14,16-17,26H,1-2,7-13H2,3-4H3,(H,28,29)/t14-,16-,17-/m1/s1. The number of carboxylic acids is 1. The zero-order valence-corrected chi connectivity index (χ0v) is 18.9. The third kappa shape index (κ3) is 5.92. The van der Waals surface area contributed by atoms with Crippen molar-refractivity contribution in [3.63, 3.8) is 0 Å². The topological polar surface area (TPSA) is 137 Å². The highest BCUT2D eigenvalue weighted by Gasteiger charge is 2.56. The molecule has 0 aromatic rings. The number of nitrogens with zero attached hydrogens (tertiary/aromatic N) is 3. The molecule has 3 amide bonds. The van der Waals surface area contributed by atoms with Crippen LogP contribution in [0, 0.1) is 5.92 Å². The van der Waals surface area contributed by atoms with Crippen LogP contribution in [0.25, 0.3) is 0 Å². The number of carboxylic acid groups (broad SMARTS) is 1. The Morgan fingerprint density at radius 3 is 2.30 bits per heavy atom. The predicted molar refractivity (Wildman–Crippen MR) is 117 cm³/mol. The number of carbonyl (C=O) groups excluding carboxylic acids is 3. The second kappa shape index (κ2) is 11.5. The summed E-state index contributed by atoms with van der Waals surface area (Å²) in [4.78, 5) is 52.5. The Hall–Kier alpha value is -3.34. The lowest BCUT2D eigenvalue weighted by molar-refractivity contribution is -0.161. The summed E-state index contributed by atoms with van der Waals surface area (Å²) in [6.07, 6.45) is 1.27. The summed E-state index contributed by atoms with van der Waals surface area (Å²) in [7, 11) is 1.52. The first-order valence-electron chi connectivity index (χ1n) is 10.6. The van der Waals surface area contributed by atoms with E-state index in [1.807, 2.05) is 0 Å². The first-order chi connectivity index (χ1) is 15.6. The van der Waals surface area contributed by atoms with Crippen molar-refractivity contribution in [1.29, 1.82) is 0 Å². The van der Waals surface area contributed by atoms with E-state index in [-0.39, 0.29) is 45.0 Å². The van der Waals surface area contributed by atoms with Crippen LogP contribution in [-0.4, -0.2) is 101 Å². The molecule has 0 aromatic heterocycles. The van der Waals surface area contributed by atoms with Crippen LogP contribution in [0.2, 0.25) is 0 Å². The Labute approximate surface area is 192 Å². The van der Waals surface area contributed by atoms with Crippen LogP contribution in [-0.2, 0) is 19.1 Å². The van der Waals surface area contributed by atoms with E-state index in [1.165, 1.54) is 40.8 Å². The SMILES string of the molecule is C=CCOC(=O)N(C)CCN(CCC1=C(C(=O)O)N2C(=O)[C@H]([C@@H](C)O)[C@H]2C1)C(=O)OCC=C. The molecule has 2 N–H and O–H groups in total. The molecule has 2 aliphatic heterocycles. The number of β-lactam (4-membered cyclic amide) rings is 1. The van der Waals surface area contributed by atoms with E-state index in [9.17, 15) is 29.4 Å². The van der Waals surface area contributed by atoms with Crippen molar-refractivity contribution in [3.8, 4) is 0 Å². The molecule has 0 unspecified atom stereocenters. The Bertz CT molecular complexity index is 837. The van der Waals surface area contributed by atoms with Gasteiger partial charge in [-0.2, -0.15) is 0 Å². The lowest BCUT2D eigenvalue weighted by Crippen LogP contribution is -2.61. The molecule has 33 heavy (non-hydrogen) atoms. The molecule has 2 aliphatic rings. The van der Waals surface area contributed by atoms with E-state index >= 15 is 0 Å². The minimum atomic E-state index is -1.23. The monoisotopic (exact) mass is 465 g/mol. The van der Waals surface area contributed by atoms with E-state index in [0.717, 1.165) is 0 Å². The third-order valence-corrected chi connectivity index (χ3v) is 5.63. The second-order valence-electron chi connectivity index (χ2n) is 7.89. The van der Waals surface area contributed by atoms with Crippen molar-refractivity contribution in [3.05, 3.63) is 36.6 Å². The molecule has 0 saturated carbocycles. The quantitative estimate of drug-likeness (QED) is 0.324. The van der Waals surface area contributed by atoms with Crippen molar-refractivity contribution >= 4 is 24.1 Å². The van der Waals surface area contributed by atoms with Gasteiger partial charge in [-0.3, -0.25) is 4.79 Å². The first kappa shape index (κ1) is 25.9. The van der Waals surface area contributed by atoms with Crippen molar-refractivity contribution < 1.29 is 38.9 Å². The molecule has 2 rings (SSSR count). The van der Waals surface area contributed by atoms with Gasteiger partial charge in [-0.05, 0) is 25.3 Å². The Morgan fingerprint density at radius 2 is 1.76 bits per heavy atom. The van der Waals surface area contributed by atoms with Gasteiger partial charge in [0.05, 0.1) is 18.1 Å². The molecule has 0 radical (unpaired) electrons. The smallest absolute Gasteiger partial charge is 0.410 e. The number of likely N-dealkylation sites (N-methyl/N-ethyl adjacent to an activating group) is 1. The van der Waals surface area contributed by atoms with Crippen LogP contribution in [0.5, 0.6) is 0 Å². The van der Waals surface area contributed by atoms with Crippen LogP contribution in [0.15, 0.2) is 36.6 Å². The number of fused-ring (bicyclic) bond motifs is 1. The summed E-state index contributed by atoms with van der Waals surface area (Å²) in [5.74, 6) is -2.28. The lowest BCUT2D eigenvalue weighted by Gasteiger charge is -2.44. The molecule has 182 valence electrons. The summed E-state index contributed by atoms with van der Waals surface area (Å²) in [5.41, 5.74) is 0.427. The molecule has 2 heterocycles. The summed E-state index contributed by atoms with van der Waals surface area (Å²) < 4.78 is 10.1. The van der Waals surface area contributed by atoms with Crippen molar-refractivity contribution in [2.75, 3.05) is 39.9 Å². The molecule has 1 fully saturated rings. The van der Waals surface area contributed by atoms with Crippen LogP contribution >= 0.6 is 0 Å². The normalized spacial score (nSPS) is 19.8. The van der Waals surface area contributed by atoms with E-state index in [0.29, 0.717) is 12.0 Å². The van der Waals surface area contributed by atoms with Crippen molar-refractivity contribution in [2.24, 2.45) is 5.92 Å². The number of aliphatic carboxylic acids is 1. The van der Waals surface area contributed by atoms with Gasteiger partial charge in [0.25, 0.3) is 0 Å². The van der Waals surface area contributed by atoms with Gasteiger partial charge in [-0.15, -0.1) is 0 Å². The fraction of sp³-hybridized carbons (Fsp3) is 0.545. The maximum Gasteiger partial charge on any atom is 0.410 e. The maximum absolute atomic E-state index is 12.5. The van der Waals surface area contributed by atoms with Crippen LogP contribution < -0.4 is 0 Å². The highest BCUT2D eigenvalue weighted by molar-refractivity contribution is 5.99. The van der Waals surface area contributed by atoms with Gasteiger partial charge in [-0.1, -0.05) is 25.3 Å². The Balaban J connectivity index is 2.08. The number of aliphatic hydroxyl groups excluding tert-OH is 1. The maximum atomic E-state index is 12.5. The van der Waals surface area contributed by atoms with E-state index < -0.39 is 42.1 Å². The third-order valence-electron chi connectivity index (χ3n) is 5.63. The Morgan fingerprint density at radius 1 is 1.15 bits per heavy atom. The average Bonchev–Trinajstić information content (AvgIpc) is 3.09. The first-order valence-corrected chi connectivity index (χ1v) is 10.6.